The van der Waals surface area contributed by atoms with Crippen LogP contribution < -0.4 is 15.1 Å². The van der Waals surface area contributed by atoms with Gasteiger partial charge in [0.2, 0.25) is 11.9 Å². The van der Waals surface area contributed by atoms with Crippen LogP contribution in [0.3, 0.4) is 0 Å². The van der Waals surface area contributed by atoms with Gasteiger partial charge < -0.3 is 19.9 Å². The zero-order chi connectivity index (χ0) is 23.2. The maximum atomic E-state index is 12.7. The molecule has 0 saturated carbocycles. The Morgan fingerprint density at radius 2 is 1.59 bits per heavy atom. The molecular weight excluding hydrogens is 448 g/mol. The Labute approximate surface area is 204 Å². The summed E-state index contributed by atoms with van der Waals surface area (Å²) in [5, 5.41) is 12.6. The number of benzene rings is 2. The van der Waals surface area contributed by atoms with Gasteiger partial charge in [0.05, 0.1) is 24.7 Å². The Morgan fingerprint density at radius 3 is 2.32 bits per heavy atom. The number of aromatic nitrogens is 3. The summed E-state index contributed by atoms with van der Waals surface area (Å²) in [4.78, 5) is 17.3. The van der Waals surface area contributed by atoms with Crippen LogP contribution in [0.5, 0.6) is 0 Å². The molecule has 178 valence electrons. The minimum absolute atomic E-state index is 0.0637. The number of ether oxygens (including phenoxy) is 1. The lowest BCUT2D eigenvalue weighted by atomic mass is 10.1. The van der Waals surface area contributed by atoms with Gasteiger partial charge in [0.1, 0.15) is 0 Å². The van der Waals surface area contributed by atoms with Crippen molar-refractivity contribution in [2.24, 2.45) is 0 Å². The normalized spacial score (nSPS) is 16.5. The maximum absolute atomic E-state index is 12.7. The average Bonchev–Trinajstić information content (AvgIpc) is 3.33. The van der Waals surface area contributed by atoms with Crippen molar-refractivity contribution in [2.75, 3.05) is 60.3 Å². The number of anilines is 3. The molecule has 2 aliphatic heterocycles. The molecule has 0 aliphatic carbocycles. The van der Waals surface area contributed by atoms with Gasteiger partial charge in [0.25, 0.3) is 0 Å². The molecule has 2 saturated heterocycles. The first-order valence-corrected chi connectivity index (χ1v) is 12.9. The maximum Gasteiger partial charge on any atom is 0.234 e. The number of amides is 1. The zero-order valence-electron chi connectivity index (χ0n) is 19.2. The van der Waals surface area contributed by atoms with Gasteiger partial charge in [-0.05, 0) is 55.7 Å². The summed E-state index contributed by atoms with van der Waals surface area (Å²) < 4.78 is 7.52. The number of para-hydroxylation sites is 1. The number of thioether (sulfide) groups is 1. The van der Waals surface area contributed by atoms with Gasteiger partial charge in [-0.3, -0.25) is 9.36 Å². The standard InChI is InChI=1S/C25H30N6O2S/c32-23(26-20-9-11-21(12-10-20)29-13-5-2-6-14-29)19-34-25-28-27-24(30-15-17-33-18-16-30)31(25)22-7-3-1-4-8-22/h1,3-4,7-12H,2,5-6,13-19H2,(H,26,32). The first kappa shape index (κ1) is 22.7. The fourth-order valence-electron chi connectivity index (χ4n) is 4.36. The number of piperidine rings is 1. The van der Waals surface area contributed by atoms with E-state index in [1.54, 1.807) is 0 Å². The SMILES string of the molecule is O=C(CSc1nnc(N2CCOCC2)n1-c1ccccc1)Nc1ccc(N2CCCCC2)cc1. The fraction of sp³-hybridized carbons (Fsp3) is 0.400. The molecule has 1 amide bonds. The van der Waals surface area contributed by atoms with E-state index in [1.165, 1.54) is 36.7 Å². The quantitative estimate of drug-likeness (QED) is 0.517. The Kier molecular flexibility index (Phi) is 7.31. The Morgan fingerprint density at radius 1 is 0.853 bits per heavy atom. The van der Waals surface area contributed by atoms with Crippen LogP contribution in [-0.2, 0) is 9.53 Å². The number of carbonyl (C=O) groups excluding carboxylic acids is 1. The van der Waals surface area contributed by atoms with Crippen LogP contribution in [-0.4, -0.2) is 65.8 Å². The second-order valence-electron chi connectivity index (χ2n) is 8.48. The summed E-state index contributed by atoms with van der Waals surface area (Å²) in [7, 11) is 0. The van der Waals surface area contributed by atoms with Gasteiger partial charge >= 0.3 is 0 Å². The fourth-order valence-corrected chi connectivity index (χ4v) is 5.11. The van der Waals surface area contributed by atoms with E-state index < -0.39 is 0 Å². The van der Waals surface area contributed by atoms with E-state index in [0.717, 1.165) is 43.5 Å². The summed E-state index contributed by atoms with van der Waals surface area (Å²) in [6, 6.07) is 18.2. The molecular formula is C25H30N6O2S. The van der Waals surface area contributed by atoms with Gasteiger partial charge in [-0.2, -0.15) is 0 Å². The van der Waals surface area contributed by atoms with E-state index in [2.05, 4.69) is 37.4 Å². The van der Waals surface area contributed by atoms with Crippen molar-refractivity contribution in [2.45, 2.75) is 24.4 Å². The number of hydrogen-bond acceptors (Lipinski definition) is 7. The molecule has 8 nitrogen and oxygen atoms in total. The van der Waals surface area contributed by atoms with Gasteiger partial charge in [0, 0.05) is 37.6 Å². The molecule has 2 fully saturated rings. The van der Waals surface area contributed by atoms with Crippen LogP contribution in [0.2, 0.25) is 0 Å². The van der Waals surface area contributed by atoms with Crippen molar-refractivity contribution in [1.82, 2.24) is 14.8 Å². The van der Waals surface area contributed by atoms with Crippen LogP contribution in [0.4, 0.5) is 17.3 Å². The highest BCUT2D eigenvalue weighted by molar-refractivity contribution is 7.99. The first-order valence-electron chi connectivity index (χ1n) is 11.9. The third-order valence-electron chi connectivity index (χ3n) is 6.13. The topological polar surface area (TPSA) is 75.5 Å². The van der Waals surface area contributed by atoms with Gasteiger partial charge in [-0.25, -0.2) is 0 Å². The smallest absolute Gasteiger partial charge is 0.234 e. The predicted molar refractivity (Wildman–Crippen MR) is 136 cm³/mol. The van der Waals surface area contributed by atoms with Gasteiger partial charge in [0.15, 0.2) is 5.16 Å². The van der Waals surface area contributed by atoms with Crippen molar-refractivity contribution < 1.29 is 9.53 Å². The number of rotatable bonds is 7. The van der Waals surface area contributed by atoms with Crippen LogP contribution in [0.15, 0.2) is 59.8 Å². The van der Waals surface area contributed by atoms with Crippen molar-refractivity contribution in [1.29, 1.82) is 0 Å². The second kappa shape index (κ2) is 10.9. The van der Waals surface area contributed by atoms with E-state index >= 15 is 0 Å². The number of nitrogens with zero attached hydrogens (tertiary/aromatic N) is 5. The van der Waals surface area contributed by atoms with Gasteiger partial charge in [-0.1, -0.05) is 30.0 Å². The molecule has 0 atom stereocenters. The summed E-state index contributed by atoms with van der Waals surface area (Å²) in [6.07, 6.45) is 3.81. The van der Waals surface area contributed by atoms with Crippen LogP contribution in [0.25, 0.3) is 5.69 Å². The van der Waals surface area contributed by atoms with Crippen LogP contribution >= 0.6 is 11.8 Å². The van der Waals surface area contributed by atoms with E-state index in [4.69, 9.17) is 4.74 Å². The molecule has 5 rings (SSSR count). The number of hydrogen-bond donors (Lipinski definition) is 1. The van der Waals surface area contributed by atoms with Crippen molar-refractivity contribution in [3.05, 3.63) is 54.6 Å². The van der Waals surface area contributed by atoms with Crippen molar-refractivity contribution in [3.8, 4) is 5.69 Å². The lowest BCUT2D eigenvalue weighted by Crippen LogP contribution is -2.37. The molecule has 0 radical (unpaired) electrons. The van der Waals surface area contributed by atoms with Crippen molar-refractivity contribution in [3.63, 3.8) is 0 Å². The lowest BCUT2D eigenvalue weighted by Gasteiger charge is -2.28. The van der Waals surface area contributed by atoms with Crippen LogP contribution in [0.1, 0.15) is 19.3 Å². The largest absolute Gasteiger partial charge is 0.378 e. The predicted octanol–water partition coefficient (Wildman–Crippen LogP) is 3.83. The molecule has 0 unspecified atom stereocenters. The van der Waals surface area contributed by atoms with E-state index in [1.807, 2.05) is 47.0 Å². The second-order valence-corrected chi connectivity index (χ2v) is 9.43. The minimum atomic E-state index is -0.0637. The zero-order valence-corrected chi connectivity index (χ0v) is 20.0. The summed E-state index contributed by atoms with van der Waals surface area (Å²) in [6.45, 7) is 5.09. The number of nitrogens with one attached hydrogen (secondary N) is 1. The van der Waals surface area contributed by atoms with E-state index in [0.29, 0.717) is 18.4 Å². The molecule has 34 heavy (non-hydrogen) atoms. The average molecular weight is 479 g/mol. The lowest BCUT2D eigenvalue weighted by molar-refractivity contribution is -0.113. The van der Waals surface area contributed by atoms with Crippen LogP contribution in [0, 0.1) is 0 Å². The molecule has 9 heteroatoms. The summed E-state index contributed by atoms with van der Waals surface area (Å²) in [5.74, 6) is 0.971. The highest BCUT2D eigenvalue weighted by atomic mass is 32.2. The number of carbonyl (C=O) groups is 1. The molecule has 0 spiro atoms. The molecule has 3 aromatic rings. The Bertz CT molecular complexity index is 1080. The number of morpholine rings is 1. The molecule has 2 aliphatic rings. The Balaban J connectivity index is 1.24. The molecule has 1 aromatic heterocycles. The highest BCUT2D eigenvalue weighted by Gasteiger charge is 2.22. The van der Waals surface area contributed by atoms with E-state index in [-0.39, 0.29) is 11.7 Å². The molecule has 2 aromatic carbocycles. The Hall–Kier alpha value is -3.04. The third-order valence-corrected chi connectivity index (χ3v) is 7.06. The summed E-state index contributed by atoms with van der Waals surface area (Å²) in [5.41, 5.74) is 3.01. The monoisotopic (exact) mass is 478 g/mol. The molecule has 0 bridgehead atoms. The first-order chi connectivity index (χ1) is 16.8. The van der Waals surface area contributed by atoms with E-state index in [9.17, 15) is 4.79 Å². The van der Waals surface area contributed by atoms with Crippen molar-refractivity contribution >= 4 is 35.0 Å². The third kappa shape index (κ3) is 5.37. The highest BCUT2D eigenvalue weighted by Crippen LogP contribution is 2.27. The molecule has 1 N–H and O–H groups in total. The molecule has 3 heterocycles. The van der Waals surface area contributed by atoms with Gasteiger partial charge in [-0.15, -0.1) is 10.2 Å². The summed E-state index contributed by atoms with van der Waals surface area (Å²) >= 11 is 1.39. The minimum Gasteiger partial charge on any atom is -0.378 e.